The highest BCUT2D eigenvalue weighted by atomic mass is 16.2. The molecule has 1 aliphatic heterocycles. The number of hydrogen-bond donors (Lipinski definition) is 1. The Morgan fingerprint density at radius 1 is 0.812 bits per heavy atom. The molecule has 2 amide bonds. The van der Waals surface area contributed by atoms with E-state index < -0.39 is 0 Å². The number of hydrogen-bond acceptors (Lipinski definition) is 3. The van der Waals surface area contributed by atoms with Crippen molar-refractivity contribution in [2.24, 2.45) is 0 Å². The van der Waals surface area contributed by atoms with Crippen LogP contribution in [0.15, 0.2) is 72.8 Å². The quantitative estimate of drug-likeness (QED) is 0.638. The van der Waals surface area contributed by atoms with Gasteiger partial charge in [0.1, 0.15) is 0 Å². The summed E-state index contributed by atoms with van der Waals surface area (Å²) in [4.78, 5) is 30.7. The Kier molecular flexibility index (Phi) is 6.55. The summed E-state index contributed by atoms with van der Waals surface area (Å²) in [5, 5.41) is 3.05. The van der Waals surface area contributed by atoms with Crippen LogP contribution < -0.4 is 10.2 Å². The second kappa shape index (κ2) is 9.69. The van der Waals surface area contributed by atoms with E-state index in [1.54, 1.807) is 18.2 Å². The minimum absolute atomic E-state index is 0.0936. The molecule has 0 saturated carbocycles. The van der Waals surface area contributed by atoms with Crippen molar-refractivity contribution in [3.05, 3.63) is 95.1 Å². The molecule has 0 spiro atoms. The number of piperazine rings is 1. The van der Waals surface area contributed by atoms with Gasteiger partial charge in [0.05, 0.1) is 11.1 Å². The molecule has 5 nitrogen and oxygen atoms in total. The third-order valence-electron chi connectivity index (χ3n) is 6.07. The molecule has 0 atom stereocenters. The lowest BCUT2D eigenvalue weighted by atomic mass is 10.0. The number of nitrogens with zero attached hydrogens (tertiary/aromatic N) is 2. The Morgan fingerprint density at radius 2 is 1.47 bits per heavy atom. The minimum atomic E-state index is -0.249. The molecule has 164 valence electrons. The molecule has 1 N–H and O–H groups in total. The fourth-order valence-corrected chi connectivity index (χ4v) is 4.23. The van der Waals surface area contributed by atoms with Crippen LogP contribution in [0, 0.1) is 6.92 Å². The third-order valence-corrected chi connectivity index (χ3v) is 6.07. The summed E-state index contributed by atoms with van der Waals surface area (Å²) in [5.41, 5.74) is 4.96. The highest BCUT2D eigenvalue weighted by Crippen LogP contribution is 2.23. The number of carbonyl (C=O) groups is 2. The lowest BCUT2D eigenvalue weighted by molar-refractivity contribution is 0.0742. The number of anilines is 2. The molecule has 0 unspecified atom stereocenters. The van der Waals surface area contributed by atoms with Gasteiger partial charge >= 0.3 is 0 Å². The highest BCUT2D eigenvalue weighted by Gasteiger charge is 2.25. The molecule has 1 heterocycles. The van der Waals surface area contributed by atoms with Gasteiger partial charge in [-0.05, 0) is 48.7 Å². The van der Waals surface area contributed by atoms with Crippen molar-refractivity contribution in [3.8, 4) is 0 Å². The topological polar surface area (TPSA) is 52.7 Å². The summed E-state index contributed by atoms with van der Waals surface area (Å²) in [6, 6.07) is 23.3. The predicted octanol–water partition coefficient (Wildman–Crippen LogP) is 4.77. The van der Waals surface area contributed by atoms with Crippen LogP contribution in [0.25, 0.3) is 0 Å². The lowest BCUT2D eigenvalue weighted by Crippen LogP contribution is -2.49. The molecule has 1 saturated heterocycles. The van der Waals surface area contributed by atoms with E-state index in [2.05, 4.69) is 29.3 Å². The standard InChI is InChI=1S/C27H29N3O2/c1-3-21-11-9-10-20(2)25(21)28-26(31)23-14-7-8-15-24(23)27(32)30-18-16-29(17-19-30)22-12-5-4-6-13-22/h4-15H,3,16-19H2,1-2H3,(H,28,31). The van der Waals surface area contributed by atoms with Crippen LogP contribution in [0.3, 0.4) is 0 Å². The number of rotatable bonds is 5. The first-order chi connectivity index (χ1) is 15.6. The summed E-state index contributed by atoms with van der Waals surface area (Å²) in [6.07, 6.45) is 0.823. The number of nitrogens with one attached hydrogen (secondary N) is 1. The number of carbonyl (C=O) groups excluding carboxylic acids is 2. The van der Waals surface area contributed by atoms with E-state index in [4.69, 9.17) is 0 Å². The van der Waals surface area contributed by atoms with Crippen LogP contribution in [0.5, 0.6) is 0 Å². The molecular formula is C27H29N3O2. The lowest BCUT2D eigenvalue weighted by Gasteiger charge is -2.36. The van der Waals surface area contributed by atoms with Crippen LogP contribution in [-0.2, 0) is 6.42 Å². The molecule has 1 aliphatic rings. The van der Waals surface area contributed by atoms with E-state index in [-0.39, 0.29) is 11.8 Å². The zero-order chi connectivity index (χ0) is 22.5. The van der Waals surface area contributed by atoms with Crippen LogP contribution in [0.4, 0.5) is 11.4 Å². The van der Waals surface area contributed by atoms with Crippen molar-refractivity contribution in [3.63, 3.8) is 0 Å². The molecule has 5 heteroatoms. The Bertz CT molecular complexity index is 1100. The van der Waals surface area contributed by atoms with E-state index >= 15 is 0 Å². The van der Waals surface area contributed by atoms with E-state index in [1.807, 2.05) is 54.3 Å². The molecule has 3 aromatic rings. The zero-order valence-corrected chi connectivity index (χ0v) is 18.7. The number of para-hydroxylation sites is 2. The number of amides is 2. The average Bonchev–Trinajstić information content (AvgIpc) is 2.85. The monoisotopic (exact) mass is 427 g/mol. The smallest absolute Gasteiger partial charge is 0.256 e. The average molecular weight is 428 g/mol. The molecule has 0 aromatic heterocycles. The summed E-state index contributed by atoms with van der Waals surface area (Å²) >= 11 is 0. The third kappa shape index (κ3) is 4.52. The van der Waals surface area contributed by atoms with Crippen molar-refractivity contribution in [2.45, 2.75) is 20.3 Å². The Labute approximate surface area is 189 Å². The molecule has 0 radical (unpaired) electrons. The SMILES string of the molecule is CCc1cccc(C)c1NC(=O)c1ccccc1C(=O)N1CCN(c2ccccc2)CC1. The van der Waals surface area contributed by atoms with Gasteiger partial charge in [0.25, 0.3) is 11.8 Å². The Balaban J connectivity index is 1.50. The summed E-state index contributed by atoms with van der Waals surface area (Å²) in [6.45, 7) is 6.85. The van der Waals surface area contributed by atoms with Gasteiger partial charge in [-0.15, -0.1) is 0 Å². The van der Waals surface area contributed by atoms with Gasteiger partial charge in [0.2, 0.25) is 0 Å². The van der Waals surface area contributed by atoms with Crippen LogP contribution in [0.2, 0.25) is 0 Å². The fraction of sp³-hybridized carbons (Fsp3) is 0.259. The maximum atomic E-state index is 13.3. The van der Waals surface area contributed by atoms with E-state index in [0.29, 0.717) is 24.2 Å². The van der Waals surface area contributed by atoms with Gasteiger partial charge in [0, 0.05) is 37.6 Å². The van der Waals surface area contributed by atoms with Crippen molar-refractivity contribution < 1.29 is 9.59 Å². The largest absolute Gasteiger partial charge is 0.368 e. The van der Waals surface area contributed by atoms with E-state index in [0.717, 1.165) is 36.3 Å². The zero-order valence-electron chi connectivity index (χ0n) is 18.7. The van der Waals surface area contributed by atoms with E-state index in [9.17, 15) is 9.59 Å². The number of aryl methyl sites for hydroxylation is 2. The summed E-state index contributed by atoms with van der Waals surface area (Å²) in [7, 11) is 0. The first kappa shape index (κ1) is 21.6. The van der Waals surface area contributed by atoms with Gasteiger partial charge in [-0.25, -0.2) is 0 Å². The van der Waals surface area contributed by atoms with Gasteiger partial charge in [-0.3, -0.25) is 9.59 Å². The minimum Gasteiger partial charge on any atom is -0.368 e. The molecule has 0 aliphatic carbocycles. The van der Waals surface area contributed by atoms with Gasteiger partial charge in [-0.2, -0.15) is 0 Å². The Hall–Kier alpha value is -3.60. The van der Waals surface area contributed by atoms with Crippen LogP contribution >= 0.6 is 0 Å². The summed E-state index contributed by atoms with van der Waals surface area (Å²) in [5.74, 6) is -0.343. The predicted molar refractivity (Wildman–Crippen MR) is 130 cm³/mol. The van der Waals surface area contributed by atoms with Gasteiger partial charge in [0.15, 0.2) is 0 Å². The molecule has 32 heavy (non-hydrogen) atoms. The first-order valence-electron chi connectivity index (χ1n) is 11.2. The molecule has 1 fully saturated rings. The van der Waals surface area contributed by atoms with Crippen LogP contribution in [-0.4, -0.2) is 42.9 Å². The van der Waals surface area contributed by atoms with Gasteiger partial charge < -0.3 is 15.1 Å². The van der Waals surface area contributed by atoms with Crippen molar-refractivity contribution in [2.75, 3.05) is 36.4 Å². The molecular weight excluding hydrogens is 398 g/mol. The van der Waals surface area contributed by atoms with E-state index in [1.165, 1.54) is 5.69 Å². The molecule has 3 aromatic carbocycles. The summed E-state index contributed by atoms with van der Waals surface area (Å²) < 4.78 is 0. The Morgan fingerprint density at radius 3 is 2.16 bits per heavy atom. The first-order valence-corrected chi connectivity index (χ1v) is 11.2. The van der Waals surface area contributed by atoms with Crippen LogP contribution in [0.1, 0.15) is 38.8 Å². The second-order valence-corrected chi connectivity index (χ2v) is 8.08. The van der Waals surface area contributed by atoms with Crippen molar-refractivity contribution in [1.82, 2.24) is 4.90 Å². The van der Waals surface area contributed by atoms with Crippen molar-refractivity contribution in [1.29, 1.82) is 0 Å². The second-order valence-electron chi connectivity index (χ2n) is 8.08. The normalized spacial score (nSPS) is 13.7. The molecule has 4 rings (SSSR count). The highest BCUT2D eigenvalue weighted by molar-refractivity contribution is 6.12. The maximum Gasteiger partial charge on any atom is 0.256 e. The number of benzene rings is 3. The fourth-order valence-electron chi connectivity index (χ4n) is 4.23. The molecule has 0 bridgehead atoms. The van der Waals surface area contributed by atoms with Gasteiger partial charge in [-0.1, -0.05) is 55.5 Å². The maximum absolute atomic E-state index is 13.3. The van der Waals surface area contributed by atoms with Crippen molar-refractivity contribution >= 4 is 23.2 Å².